The van der Waals surface area contributed by atoms with Gasteiger partial charge < -0.3 is 5.73 Å². The molecule has 13 heavy (non-hydrogen) atoms. The maximum absolute atomic E-state index is 13.3. The lowest BCUT2D eigenvalue weighted by molar-refractivity contribution is 0.555. The molecule has 0 aliphatic heterocycles. The average Bonchev–Trinajstić information content (AvgIpc) is 2.02. The van der Waals surface area contributed by atoms with Gasteiger partial charge in [0.05, 0.1) is 0 Å². The highest BCUT2D eigenvalue weighted by molar-refractivity contribution is 5.33. The van der Waals surface area contributed by atoms with Crippen molar-refractivity contribution in [1.82, 2.24) is 0 Å². The molecule has 0 aliphatic rings. The molecule has 0 aromatic heterocycles. The predicted molar refractivity (Wildman–Crippen MR) is 53.0 cm³/mol. The van der Waals surface area contributed by atoms with Crippen LogP contribution in [0.2, 0.25) is 0 Å². The van der Waals surface area contributed by atoms with Crippen molar-refractivity contribution in [2.45, 2.75) is 32.7 Å². The van der Waals surface area contributed by atoms with Crippen LogP contribution in [0.25, 0.3) is 0 Å². The van der Waals surface area contributed by atoms with Gasteiger partial charge in [-0.2, -0.15) is 0 Å². The van der Waals surface area contributed by atoms with Crippen LogP contribution in [0, 0.1) is 5.82 Å². The van der Waals surface area contributed by atoms with E-state index in [-0.39, 0.29) is 17.8 Å². The third-order valence-corrected chi connectivity index (χ3v) is 2.13. The highest BCUT2D eigenvalue weighted by Crippen LogP contribution is 2.26. The van der Waals surface area contributed by atoms with Crippen LogP contribution in [0.4, 0.5) is 4.39 Å². The van der Waals surface area contributed by atoms with E-state index < -0.39 is 0 Å². The molecule has 1 aromatic rings. The smallest absolute Gasteiger partial charge is 0.127 e. The third kappa shape index (κ3) is 2.07. The molecule has 0 unspecified atom stereocenters. The maximum atomic E-state index is 13.3. The molecule has 0 fully saturated rings. The molecule has 0 heterocycles. The first kappa shape index (κ1) is 10.2. The molecule has 0 aliphatic carbocycles. The zero-order valence-electron chi connectivity index (χ0n) is 8.39. The molecule has 0 saturated heterocycles. The van der Waals surface area contributed by atoms with E-state index in [1.54, 1.807) is 6.07 Å². The minimum atomic E-state index is -0.199. The van der Waals surface area contributed by atoms with Crippen LogP contribution in [0.3, 0.4) is 0 Å². The lowest BCUT2D eigenvalue weighted by Gasteiger charge is -2.22. The predicted octanol–water partition coefficient (Wildman–Crippen LogP) is 2.58. The van der Waals surface area contributed by atoms with Gasteiger partial charge in [0.1, 0.15) is 5.82 Å². The highest BCUT2D eigenvalue weighted by Gasteiger charge is 2.18. The summed E-state index contributed by atoms with van der Waals surface area (Å²) in [5.41, 5.74) is 7.09. The van der Waals surface area contributed by atoms with Crippen LogP contribution in [0.5, 0.6) is 0 Å². The Morgan fingerprint density at radius 2 is 1.92 bits per heavy atom. The Hall–Kier alpha value is -0.890. The fraction of sp³-hybridized carbons (Fsp3) is 0.455. The van der Waals surface area contributed by atoms with Gasteiger partial charge in [-0.1, -0.05) is 32.9 Å². The topological polar surface area (TPSA) is 26.0 Å². The second kappa shape index (κ2) is 3.46. The van der Waals surface area contributed by atoms with E-state index in [1.165, 1.54) is 6.07 Å². The first-order chi connectivity index (χ1) is 5.96. The van der Waals surface area contributed by atoms with Gasteiger partial charge in [-0.3, -0.25) is 0 Å². The van der Waals surface area contributed by atoms with E-state index in [4.69, 9.17) is 5.73 Å². The van der Waals surface area contributed by atoms with Crippen LogP contribution in [-0.4, -0.2) is 0 Å². The zero-order chi connectivity index (χ0) is 10.1. The van der Waals surface area contributed by atoms with Crippen molar-refractivity contribution >= 4 is 0 Å². The second-order valence-electron chi connectivity index (χ2n) is 4.22. The molecule has 0 spiro atoms. The molecular weight excluding hydrogens is 165 g/mol. The standard InChI is InChI=1S/C11H16FN/c1-11(2,3)9-5-4-6-10(12)8(9)7-13/h4-6H,7,13H2,1-3H3. The van der Waals surface area contributed by atoms with Crippen LogP contribution < -0.4 is 5.73 Å². The molecule has 72 valence electrons. The molecule has 1 nitrogen and oxygen atoms in total. The summed E-state index contributed by atoms with van der Waals surface area (Å²) in [4.78, 5) is 0. The van der Waals surface area contributed by atoms with Gasteiger partial charge in [0.2, 0.25) is 0 Å². The number of halogens is 1. The van der Waals surface area contributed by atoms with Gasteiger partial charge in [0.15, 0.2) is 0 Å². The van der Waals surface area contributed by atoms with Crippen molar-refractivity contribution < 1.29 is 4.39 Å². The fourth-order valence-corrected chi connectivity index (χ4v) is 1.47. The summed E-state index contributed by atoms with van der Waals surface area (Å²) in [5, 5.41) is 0. The lowest BCUT2D eigenvalue weighted by Crippen LogP contribution is -2.17. The molecular formula is C11H16FN. The summed E-state index contributed by atoms with van der Waals surface area (Å²) in [7, 11) is 0. The van der Waals surface area contributed by atoms with Crippen LogP contribution in [-0.2, 0) is 12.0 Å². The molecule has 1 aromatic carbocycles. The van der Waals surface area contributed by atoms with Crippen molar-refractivity contribution in [2.24, 2.45) is 5.73 Å². The number of nitrogens with two attached hydrogens (primary N) is 1. The maximum Gasteiger partial charge on any atom is 0.127 e. The van der Waals surface area contributed by atoms with Crippen LogP contribution in [0.1, 0.15) is 31.9 Å². The van der Waals surface area contributed by atoms with Gasteiger partial charge in [-0.15, -0.1) is 0 Å². The molecule has 2 heteroatoms. The Morgan fingerprint density at radius 1 is 1.31 bits per heavy atom. The zero-order valence-corrected chi connectivity index (χ0v) is 8.39. The summed E-state index contributed by atoms with van der Waals surface area (Å²) in [6.07, 6.45) is 0. The second-order valence-corrected chi connectivity index (χ2v) is 4.22. The summed E-state index contributed by atoms with van der Waals surface area (Å²) < 4.78 is 13.3. The number of hydrogen-bond acceptors (Lipinski definition) is 1. The normalized spacial score (nSPS) is 11.8. The Morgan fingerprint density at radius 3 is 2.31 bits per heavy atom. The van der Waals surface area contributed by atoms with Crippen molar-refractivity contribution in [3.05, 3.63) is 35.1 Å². The van der Waals surface area contributed by atoms with Crippen molar-refractivity contribution in [3.8, 4) is 0 Å². The first-order valence-corrected chi connectivity index (χ1v) is 4.44. The van der Waals surface area contributed by atoms with E-state index in [0.717, 1.165) is 5.56 Å². The lowest BCUT2D eigenvalue weighted by atomic mass is 9.83. The molecule has 0 amide bonds. The monoisotopic (exact) mass is 181 g/mol. The van der Waals surface area contributed by atoms with Gasteiger partial charge in [-0.05, 0) is 17.0 Å². The Labute approximate surface area is 78.8 Å². The van der Waals surface area contributed by atoms with Gasteiger partial charge in [0, 0.05) is 12.1 Å². The number of rotatable bonds is 1. The van der Waals surface area contributed by atoms with Gasteiger partial charge >= 0.3 is 0 Å². The largest absolute Gasteiger partial charge is 0.326 e. The van der Waals surface area contributed by atoms with E-state index in [2.05, 4.69) is 20.8 Å². The van der Waals surface area contributed by atoms with E-state index >= 15 is 0 Å². The molecule has 0 bridgehead atoms. The highest BCUT2D eigenvalue weighted by atomic mass is 19.1. The first-order valence-electron chi connectivity index (χ1n) is 4.44. The van der Waals surface area contributed by atoms with E-state index in [0.29, 0.717) is 5.56 Å². The number of hydrogen-bond donors (Lipinski definition) is 1. The summed E-state index contributed by atoms with van der Waals surface area (Å²) in [5.74, 6) is -0.199. The molecule has 2 N–H and O–H groups in total. The Bertz CT molecular complexity index is 299. The van der Waals surface area contributed by atoms with Crippen molar-refractivity contribution in [2.75, 3.05) is 0 Å². The average molecular weight is 181 g/mol. The molecule has 0 saturated carbocycles. The van der Waals surface area contributed by atoms with E-state index in [9.17, 15) is 4.39 Å². The molecule has 1 rings (SSSR count). The summed E-state index contributed by atoms with van der Waals surface area (Å²) in [6.45, 7) is 6.43. The number of benzene rings is 1. The summed E-state index contributed by atoms with van der Waals surface area (Å²) in [6, 6.07) is 5.12. The minimum absolute atomic E-state index is 0.0448. The van der Waals surface area contributed by atoms with Crippen LogP contribution in [0.15, 0.2) is 18.2 Å². The third-order valence-electron chi connectivity index (χ3n) is 2.13. The Kier molecular flexibility index (Phi) is 2.71. The quantitative estimate of drug-likeness (QED) is 0.708. The molecule has 0 radical (unpaired) electrons. The van der Waals surface area contributed by atoms with Gasteiger partial charge in [-0.25, -0.2) is 4.39 Å². The fourth-order valence-electron chi connectivity index (χ4n) is 1.47. The minimum Gasteiger partial charge on any atom is -0.326 e. The van der Waals surface area contributed by atoms with Crippen molar-refractivity contribution in [1.29, 1.82) is 0 Å². The van der Waals surface area contributed by atoms with Crippen molar-refractivity contribution in [3.63, 3.8) is 0 Å². The summed E-state index contributed by atoms with van der Waals surface area (Å²) >= 11 is 0. The SMILES string of the molecule is CC(C)(C)c1cccc(F)c1CN. The van der Waals surface area contributed by atoms with Crippen LogP contribution >= 0.6 is 0 Å². The molecule has 0 atom stereocenters. The Balaban J connectivity index is 3.29. The van der Waals surface area contributed by atoms with Gasteiger partial charge in [0.25, 0.3) is 0 Å². The van der Waals surface area contributed by atoms with E-state index in [1.807, 2.05) is 6.07 Å².